The highest BCUT2D eigenvalue weighted by atomic mass is 19.1. The van der Waals surface area contributed by atoms with Crippen molar-refractivity contribution < 1.29 is 18.4 Å². The lowest BCUT2D eigenvalue weighted by Gasteiger charge is -2.27. The van der Waals surface area contributed by atoms with Crippen LogP contribution in [0.2, 0.25) is 0 Å². The van der Waals surface area contributed by atoms with Crippen molar-refractivity contribution >= 4 is 17.5 Å². The molecule has 0 spiro atoms. The van der Waals surface area contributed by atoms with E-state index >= 15 is 0 Å². The Morgan fingerprint density at radius 1 is 1.07 bits per heavy atom. The molecular weight excluding hydrogens is 362 g/mol. The number of hydrogen-bond acceptors (Lipinski definition) is 2. The van der Waals surface area contributed by atoms with Gasteiger partial charge in [-0.25, -0.2) is 8.78 Å². The molecule has 6 heteroatoms. The fraction of sp³-hybridized carbons (Fsp3) is 0.364. The monoisotopic (exact) mass is 384 g/mol. The molecule has 2 aliphatic heterocycles. The molecule has 0 aromatic heterocycles. The number of halogens is 2. The predicted molar refractivity (Wildman–Crippen MR) is 102 cm³/mol. The summed E-state index contributed by atoms with van der Waals surface area (Å²) in [7, 11) is 0. The summed E-state index contributed by atoms with van der Waals surface area (Å²) >= 11 is 0. The van der Waals surface area contributed by atoms with Crippen LogP contribution in [-0.4, -0.2) is 35.8 Å². The lowest BCUT2D eigenvalue weighted by atomic mass is 10.0. The molecule has 2 atom stereocenters. The maximum atomic E-state index is 13.5. The molecule has 0 saturated carbocycles. The molecule has 28 heavy (non-hydrogen) atoms. The first-order valence-corrected chi connectivity index (χ1v) is 9.62. The summed E-state index contributed by atoms with van der Waals surface area (Å²) in [4.78, 5) is 28.7. The number of benzene rings is 2. The standard InChI is InChI=1S/C22H22F2N2O2/c23-17-11-18(24)13-20(12-17)26-14-16(10-21(26)27)22(28)25-8-4-7-19(25)9-15-5-2-1-3-6-15/h1-3,5-6,11-13,16,19H,4,7-10,14H2. The smallest absolute Gasteiger partial charge is 0.228 e. The zero-order valence-electron chi connectivity index (χ0n) is 15.5. The molecule has 2 fully saturated rings. The Morgan fingerprint density at radius 3 is 2.50 bits per heavy atom. The summed E-state index contributed by atoms with van der Waals surface area (Å²) in [6.45, 7) is 0.852. The van der Waals surface area contributed by atoms with Crippen LogP contribution in [0.5, 0.6) is 0 Å². The zero-order valence-corrected chi connectivity index (χ0v) is 15.5. The normalized spacial score (nSPS) is 22.1. The Bertz CT molecular complexity index is 867. The summed E-state index contributed by atoms with van der Waals surface area (Å²) in [6.07, 6.45) is 2.76. The number of hydrogen-bond donors (Lipinski definition) is 0. The van der Waals surface area contributed by atoms with E-state index in [2.05, 4.69) is 12.1 Å². The SMILES string of the molecule is O=C1CC(C(=O)N2CCCC2Cc2ccccc2)CN1c1cc(F)cc(F)c1. The number of nitrogens with zero attached hydrogens (tertiary/aromatic N) is 2. The second-order valence-corrected chi connectivity index (χ2v) is 7.55. The van der Waals surface area contributed by atoms with Crippen molar-refractivity contribution in [1.29, 1.82) is 0 Å². The minimum absolute atomic E-state index is 0.0360. The van der Waals surface area contributed by atoms with E-state index in [9.17, 15) is 18.4 Å². The van der Waals surface area contributed by atoms with E-state index in [1.807, 2.05) is 23.1 Å². The van der Waals surface area contributed by atoms with Crippen LogP contribution in [0.15, 0.2) is 48.5 Å². The quantitative estimate of drug-likeness (QED) is 0.809. The van der Waals surface area contributed by atoms with Gasteiger partial charge in [0.25, 0.3) is 0 Å². The van der Waals surface area contributed by atoms with E-state index < -0.39 is 17.6 Å². The van der Waals surface area contributed by atoms with Crippen molar-refractivity contribution in [2.75, 3.05) is 18.0 Å². The molecule has 2 aromatic rings. The van der Waals surface area contributed by atoms with Gasteiger partial charge in [0.2, 0.25) is 11.8 Å². The third kappa shape index (κ3) is 3.77. The number of carbonyl (C=O) groups excluding carboxylic acids is 2. The molecule has 2 aliphatic rings. The van der Waals surface area contributed by atoms with Gasteiger partial charge in [-0.3, -0.25) is 9.59 Å². The van der Waals surface area contributed by atoms with Gasteiger partial charge in [0.1, 0.15) is 11.6 Å². The molecule has 2 heterocycles. The van der Waals surface area contributed by atoms with Gasteiger partial charge >= 0.3 is 0 Å². The fourth-order valence-corrected chi connectivity index (χ4v) is 4.28. The van der Waals surface area contributed by atoms with Crippen molar-refractivity contribution in [3.63, 3.8) is 0 Å². The average molecular weight is 384 g/mol. The van der Waals surface area contributed by atoms with Gasteiger partial charge in [-0.15, -0.1) is 0 Å². The highest BCUT2D eigenvalue weighted by molar-refractivity contribution is 6.00. The minimum atomic E-state index is -0.736. The molecule has 0 radical (unpaired) electrons. The lowest BCUT2D eigenvalue weighted by Crippen LogP contribution is -2.41. The summed E-state index contributed by atoms with van der Waals surface area (Å²) in [5.41, 5.74) is 1.35. The van der Waals surface area contributed by atoms with Crippen molar-refractivity contribution in [2.45, 2.75) is 31.7 Å². The van der Waals surface area contributed by atoms with Crippen molar-refractivity contribution in [3.8, 4) is 0 Å². The molecule has 0 bridgehead atoms. The van der Waals surface area contributed by atoms with Crippen LogP contribution in [0, 0.1) is 17.6 Å². The van der Waals surface area contributed by atoms with Crippen LogP contribution in [0.1, 0.15) is 24.8 Å². The Morgan fingerprint density at radius 2 is 1.79 bits per heavy atom. The summed E-state index contributed by atoms with van der Waals surface area (Å²) in [6, 6.07) is 13.2. The van der Waals surface area contributed by atoms with Crippen LogP contribution in [0.4, 0.5) is 14.5 Å². The van der Waals surface area contributed by atoms with Crippen molar-refractivity contribution in [1.82, 2.24) is 4.90 Å². The fourth-order valence-electron chi connectivity index (χ4n) is 4.28. The zero-order chi connectivity index (χ0) is 19.7. The number of amides is 2. The first-order valence-electron chi connectivity index (χ1n) is 9.62. The first-order chi connectivity index (χ1) is 13.5. The van der Waals surface area contributed by atoms with Gasteiger partial charge in [0.15, 0.2) is 0 Å². The second-order valence-electron chi connectivity index (χ2n) is 7.55. The van der Waals surface area contributed by atoms with Gasteiger partial charge < -0.3 is 9.80 Å². The highest BCUT2D eigenvalue weighted by Crippen LogP contribution is 2.30. The maximum Gasteiger partial charge on any atom is 0.228 e. The third-order valence-corrected chi connectivity index (χ3v) is 5.61. The molecule has 4 rings (SSSR count). The molecule has 2 unspecified atom stereocenters. The molecule has 0 aliphatic carbocycles. The van der Waals surface area contributed by atoms with Gasteiger partial charge in [-0.05, 0) is 37.0 Å². The summed E-state index contributed by atoms with van der Waals surface area (Å²) in [5.74, 6) is -2.26. The van der Waals surface area contributed by atoms with Crippen LogP contribution in [0.3, 0.4) is 0 Å². The second kappa shape index (κ2) is 7.70. The van der Waals surface area contributed by atoms with E-state index in [1.54, 1.807) is 0 Å². The van der Waals surface area contributed by atoms with Crippen LogP contribution in [-0.2, 0) is 16.0 Å². The number of carbonyl (C=O) groups is 2. The first kappa shape index (κ1) is 18.6. The Labute approximate surface area is 162 Å². The largest absolute Gasteiger partial charge is 0.339 e. The van der Waals surface area contributed by atoms with Gasteiger partial charge in [0.05, 0.1) is 5.92 Å². The van der Waals surface area contributed by atoms with E-state index in [1.165, 1.54) is 10.5 Å². The molecule has 2 amide bonds. The number of rotatable bonds is 4. The van der Waals surface area contributed by atoms with Crippen LogP contribution in [0.25, 0.3) is 0 Å². The molecular formula is C22H22F2N2O2. The minimum Gasteiger partial charge on any atom is -0.339 e. The van der Waals surface area contributed by atoms with E-state index in [0.29, 0.717) is 6.54 Å². The molecule has 2 saturated heterocycles. The summed E-state index contributed by atoms with van der Waals surface area (Å²) < 4.78 is 27.0. The Hall–Kier alpha value is -2.76. The number of likely N-dealkylation sites (tertiary alicyclic amines) is 1. The van der Waals surface area contributed by atoms with Crippen molar-refractivity contribution in [3.05, 3.63) is 65.7 Å². The van der Waals surface area contributed by atoms with Crippen LogP contribution >= 0.6 is 0 Å². The average Bonchev–Trinajstić information content (AvgIpc) is 3.28. The highest BCUT2D eigenvalue weighted by Gasteiger charge is 2.40. The molecule has 146 valence electrons. The number of anilines is 1. The van der Waals surface area contributed by atoms with Crippen molar-refractivity contribution in [2.24, 2.45) is 5.92 Å². The van der Waals surface area contributed by atoms with E-state index in [-0.39, 0.29) is 36.5 Å². The lowest BCUT2D eigenvalue weighted by molar-refractivity contribution is -0.136. The third-order valence-electron chi connectivity index (χ3n) is 5.61. The molecule has 0 N–H and O–H groups in total. The van der Waals surface area contributed by atoms with E-state index in [4.69, 9.17) is 0 Å². The predicted octanol–water partition coefficient (Wildman–Crippen LogP) is 3.55. The van der Waals surface area contributed by atoms with Gasteiger partial charge in [-0.1, -0.05) is 30.3 Å². The van der Waals surface area contributed by atoms with Gasteiger partial charge in [-0.2, -0.15) is 0 Å². The van der Waals surface area contributed by atoms with Crippen LogP contribution < -0.4 is 4.90 Å². The van der Waals surface area contributed by atoms with Gasteiger partial charge in [0, 0.05) is 37.3 Å². The summed E-state index contributed by atoms with van der Waals surface area (Å²) in [5, 5.41) is 0. The Kier molecular flexibility index (Phi) is 5.11. The molecule has 4 nitrogen and oxygen atoms in total. The molecule has 2 aromatic carbocycles. The Balaban J connectivity index is 1.46. The van der Waals surface area contributed by atoms with E-state index in [0.717, 1.165) is 37.5 Å². The maximum absolute atomic E-state index is 13.5. The topological polar surface area (TPSA) is 40.6 Å².